The van der Waals surface area contributed by atoms with E-state index in [0.717, 1.165) is 13.0 Å². The van der Waals surface area contributed by atoms with Crippen molar-refractivity contribution in [2.45, 2.75) is 19.3 Å². The van der Waals surface area contributed by atoms with Crippen molar-refractivity contribution in [2.75, 3.05) is 19.7 Å². The second-order valence-electron chi connectivity index (χ2n) is 3.90. The third-order valence-corrected chi connectivity index (χ3v) is 2.88. The summed E-state index contributed by atoms with van der Waals surface area (Å²) in [5.74, 6) is -1.56. The van der Waals surface area contributed by atoms with E-state index < -0.39 is 11.6 Å². The largest absolute Gasteiger partial charge is 0.491 e. The third-order valence-electron chi connectivity index (χ3n) is 2.88. The minimum absolute atomic E-state index is 0. The standard InChI is InChI=1S/C12H15F2NO.ClH/c1-2-16-10-4-3-9(11(13)12(10)14)8-5-6-15-7-8;/h3-4,8,15H,2,5-7H2,1H3;1H. The van der Waals surface area contributed by atoms with Gasteiger partial charge in [0.05, 0.1) is 6.61 Å². The summed E-state index contributed by atoms with van der Waals surface area (Å²) in [6.45, 7) is 3.65. The maximum absolute atomic E-state index is 13.8. The van der Waals surface area contributed by atoms with Crippen molar-refractivity contribution in [1.82, 2.24) is 5.32 Å². The summed E-state index contributed by atoms with van der Waals surface area (Å²) < 4.78 is 32.3. The Morgan fingerprint density at radius 3 is 2.71 bits per heavy atom. The Morgan fingerprint density at radius 2 is 2.12 bits per heavy atom. The fourth-order valence-electron chi connectivity index (χ4n) is 2.05. The summed E-state index contributed by atoms with van der Waals surface area (Å²) in [7, 11) is 0. The second-order valence-corrected chi connectivity index (χ2v) is 3.90. The maximum atomic E-state index is 13.8. The molecule has 96 valence electrons. The van der Waals surface area contributed by atoms with Gasteiger partial charge in [0.25, 0.3) is 0 Å². The lowest BCUT2D eigenvalue weighted by Gasteiger charge is -2.12. The minimum Gasteiger partial charge on any atom is -0.491 e. The Morgan fingerprint density at radius 1 is 1.35 bits per heavy atom. The van der Waals surface area contributed by atoms with Gasteiger partial charge in [0.15, 0.2) is 11.6 Å². The minimum atomic E-state index is -0.869. The van der Waals surface area contributed by atoms with E-state index >= 15 is 0 Å². The average molecular weight is 264 g/mol. The normalized spacial score (nSPS) is 18.9. The van der Waals surface area contributed by atoms with Gasteiger partial charge in [0.2, 0.25) is 5.82 Å². The zero-order valence-corrected chi connectivity index (χ0v) is 10.4. The van der Waals surface area contributed by atoms with Crippen LogP contribution >= 0.6 is 12.4 Å². The fraction of sp³-hybridized carbons (Fsp3) is 0.500. The lowest BCUT2D eigenvalue weighted by Crippen LogP contribution is -2.10. The van der Waals surface area contributed by atoms with Gasteiger partial charge in [0, 0.05) is 12.5 Å². The van der Waals surface area contributed by atoms with Crippen LogP contribution in [0.2, 0.25) is 0 Å². The van der Waals surface area contributed by atoms with Crippen LogP contribution in [0.3, 0.4) is 0 Å². The van der Waals surface area contributed by atoms with Crippen molar-refractivity contribution < 1.29 is 13.5 Å². The highest BCUT2D eigenvalue weighted by molar-refractivity contribution is 5.85. The average Bonchev–Trinajstić information content (AvgIpc) is 2.79. The second kappa shape index (κ2) is 6.17. The molecule has 0 radical (unpaired) electrons. The first-order chi connectivity index (χ1) is 7.74. The van der Waals surface area contributed by atoms with E-state index in [4.69, 9.17) is 4.74 Å². The van der Waals surface area contributed by atoms with Gasteiger partial charge in [-0.3, -0.25) is 0 Å². The molecule has 0 amide bonds. The van der Waals surface area contributed by atoms with E-state index in [1.807, 2.05) is 0 Å². The smallest absolute Gasteiger partial charge is 0.200 e. The van der Waals surface area contributed by atoms with Crippen LogP contribution in [0.5, 0.6) is 5.75 Å². The quantitative estimate of drug-likeness (QED) is 0.905. The highest BCUT2D eigenvalue weighted by atomic mass is 35.5. The molecule has 1 aliphatic heterocycles. The predicted octanol–water partition coefficient (Wildman–Crippen LogP) is 2.86. The molecule has 0 spiro atoms. The first kappa shape index (κ1) is 14.2. The van der Waals surface area contributed by atoms with Gasteiger partial charge in [-0.05, 0) is 31.5 Å². The molecule has 1 unspecified atom stereocenters. The van der Waals surface area contributed by atoms with Crippen molar-refractivity contribution in [2.24, 2.45) is 0 Å². The number of nitrogens with one attached hydrogen (secondary N) is 1. The Labute approximate surface area is 106 Å². The van der Waals surface area contributed by atoms with Crippen LogP contribution in [-0.4, -0.2) is 19.7 Å². The number of hydrogen-bond donors (Lipinski definition) is 1. The Bertz CT molecular complexity index is 381. The van der Waals surface area contributed by atoms with Gasteiger partial charge in [-0.15, -0.1) is 12.4 Å². The van der Waals surface area contributed by atoms with Crippen LogP contribution in [0.25, 0.3) is 0 Å². The molecule has 1 fully saturated rings. The maximum Gasteiger partial charge on any atom is 0.200 e. The first-order valence-corrected chi connectivity index (χ1v) is 5.55. The van der Waals surface area contributed by atoms with Crippen LogP contribution in [0.15, 0.2) is 12.1 Å². The summed E-state index contributed by atoms with van der Waals surface area (Å²) in [6, 6.07) is 3.14. The van der Waals surface area contributed by atoms with Crippen LogP contribution in [0.4, 0.5) is 8.78 Å². The van der Waals surface area contributed by atoms with E-state index in [1.165, 1.54) is 6.07 Å². The Kier molecular flexibility index (Phi) is 5.15. The molecule has 2 nitrogen and oxygen atoms in total. The monoisotopic (exact) mass is 263 g/mol. The molecule has 17 heavy (non-hydrogen) atoms. The molecule has 5 heteroatoms. The van der Waals surface area contributed by atoms with Gasteiger partial charge < -0.3 is 10.1 Å². The number of ether oxygens (including phenoxy) is 1. The van der Waals surface area contributed by atoms with Crippen LogP contribution < -0.4 is 10.1 Å². The molecule has 2 rings (SSSR count). The van der Waals surface area contributed by atoms with Crippen LogP contribution in [0, 0.1) is 11.6 Å². The number of rotatable bonds is 3. The van der Waals surface area contributed by atoms with E-state index in [-0.39, 0.29) is 24.1 Å². The molecule has 0 aliphatic carbocycles. The highest BCUT2D eigenvalue weighted by Crippen LogP contribution is 2.30. The number of halogens is 3. The summed E-state index contributed by atoms with van der Waals surface area (Å²) in [5, 5.41) is 3.14. The third kappa shape index (κ3) is 2.87. The molecule has 1 atom stereocenters. The van der Waals surface area contributed by atoms with Crippen molar-refractivity contribution in [1.29, 1.82) is 0 Å². The SMILES string of the molecule is CCOc1ccc(C2CCNC2)c(F)c1F.Cl. The first-order valence-electron chi connectivity index (χ1n) is 5.55. The molecular formula is C12H16ClF2NO. The van der Waals surface area contributed by atoms with Gasteiger partial charge in [-0.2, -0.15) is 4.39 Å². The zero-order chi connectivity index (χ0) is 11.5. The lowest BCUT2D eigenvalue weighted by molar-refractivity contribution is 0.313. The molecule has 1 aromatic carbocycles. The summed E-state index contributed by atoms with van der Waals surface area (Å²) in [6.07, 6.45) is 0.852. The zero-order valence-electron chi connectivity index (χ0n) is 9.63. The van der Waals surface area contributed by atoms with Crippen molar-refractivity contribution in [3.05, 3.63) is 29.3 Å². The summed E-state index contributed by atoms with van der Waals surface area (Å²) >= 11 is 0. The number of benzene rings is 1. The lowest BCUT2D eigenvalue weighted by atomic mass is 9.97. The molecule has 0 bridgehead atoms. The van der Waals surface area contributed by atoms with Crippen LogP contribution in [-0.2, 0) is 0 Å². The van der Waals surface area contributed by atoms with Crippen molar-refractivity contribution >= 4 is 12.4 Å². The molecule has 1 saturated heterocycles. The van der Waals surface area contributed by atoms with E-state index in [1.54, 1.807) is 13.0 Å². The molecule has 1 aromatic rings. The molecule has 0 saturated carbocycles. The van der Waals surface area contributed by atoms with Gasteiger partial charge in [-0.1, -0.05) is 6.07 Å². The van der Waals surface area contributed by atoms with E-state index in [9.17, 15) is 8.78 Å². The predicted molar refractivity (Wildman–Crippen MR) is 65.0 cm³/mol. The van der Waals surface area contributed by atoms with Crippen molar-refractivity contribution in [3.8, 4) is 5.75 Å². The van der Waals surface area contributed by atoms with Gasteiger partial charge in [0.1, 0.15) is 0 Å². The van der Waals surface area contributed by atoms with E-state index in [0.29, 0.717) is 18.7 Å². The Balaban J connectivity index is 0.00000144. The van der Waals surface area contributed by atoms with Gasteiger partial charge >= 0.3 is 0 Å². The summed E-state index contributed by atoms with van der Waals surface area (Å²) in [4.78, 5) is 0. The fourth-order valence-corrected chi connectivity index (χ4v) is 2.05. The Hall–Kier alpha value is -0.870. The summed E-state index contributed by atoms with van der Waals surface area (Å²) in [5.41, 5.74) is 0.450. The highest BCUT2D eigenvalue weighted by Gasteiger charge is 2.23. The van der Waals surface area contributed by atoms with Crippen molar-refractivity contribution in [3.63, 3.8) is 0 Å². The molecule has 1 aliphatic rings. The van der Waals surface area contributed by atoms with Crippen LogP contribution in [0.1, 0.15) is 24.8 Å². The molecule has 1 N–H and O–H groups in total. The van der Waals surface area contributed by atoms with E-state index in [2.05, 4.69) is 5.32 Å². The topological polar surface area (TPSA) is 21.3 Å². The molecule has 1 heterocycles. The number of hydrogen-bond acceptors (Lipinski definition) is 2. The molecule has 0 aromatic heterocycles. The van der Waals surface area contributed by atoms with Gasteiger partial charge in [-0.25, -0.2) is 4.39 Å². The molecular weight excluding hydrogens is 248 g/mol.